The van der Waals surface area contributed by atoms with E-state index in [-0.39, 0.29) is 12.1 Å². The molecule has 1 atom stereocenters. The lowest BCUT2D eigenvalue weighted by Gasteiger charge is -2.13. The van der Waals surface area contributed by atoms with Gasteiger partial charge in [0.05, 0.1) is 5.56 Å². The second-order valence-corrected chi connectivity index (χ2v) is 7.09. The summed E-state index contributed by atoms with van der Waals surface area (Å²) in [7, 11) is 0. The monoisotopic (exact) mass is 382 g/mol. The lowest BCUT2D eigenvalue weighted by molar-refractivity contribution is 0.0338. The molecular weight excluding hydrogens is 356 g/mol. The molecule has 0 saturated carbocycles. The number of benzene rings is 3. The van der Waals surface area contributed by atoms with Crippen molar-refractivity contribution in [1.82, 2.24) is 0 Å². The normalized spacial score (nSPS) is 11.2. The zero-order valence-corrected chi connectivity index (χ0v) is 17.0. The van der Waals surface area contributed by atoms with Crippen molar-refractivity contribution >= 4 is 5.97 Å². The summed E-state index contributed by atoms with van der Waals surface area (Å²) in [6.45, 7) is 4.08. The van der Waals surface area contributed by atoms with Crippen LogP contribution in [0, 0.1) is 11.8 Å². The van der Waals surface area contributed by atoms with E-state index < -0.39 is 0 Å². The van der Waals surface area contributed by atoms with Crippen LogP contribution in [0.1, 0.15) is 65.4 Å². The van der Waals surface area contributed by atoms with E-state index in [1.54, 1.807) is 12.1 Å². The minimum absolute atomic E-state index is 0.288. The highest BCUT2D eigenvalue weighted by molar-refractivity contribution is 5.89. The summed E-state index contributed by atoms with van der Waals surface area (Å²) in [6, 6.07) is 25.4. The number of carbonyl (C=O) groups is 1. The van der Waals surface area contributed by atoms with E-state index in [1.165, 1.54) is 18.4 Å². The van der Waals surface area contributed by atoms with Crippen LogP contribution in [0.15, 0.2) is 78.9 Å². The predicted octanol–water partition coefficient (Wildman–Crippen LogP) is 6.35. The molecule has 0 aromatic heterocycles. The first-order valence-electron chi connectivity index (χ1n) is 10.1. The van der Waals surface area contributed by atoms with Crippen molar-refractivity contribution in [3.8, 4) is 11.8 Å². The Kier molecular flexibility index (Phi) is 7.25. The third-order valence-corrected chi connectivity index (χ3v) is 4.80. The van der Waals surface area contributed by atoms with Crippen LogP contribution in [0.4, 0.5) is 0 Å². The number of hydrogen-bond donors (Lipinski definition) is 0. The van der Waals surface area contributed by atoms with Gasteiger partial charge < -0.3 is 4.74 Å². The zero-order chi connectivity index (χ0) is 20.5. The molecule has 3 aromatic carbocycles. The maximum Gasteiger partial charge on any atom is 0.338 e. The van der Waals surface area contributed by atoms with Crippen molar-refractivity contribution < 1.29 is 9.53 Å². The van der Waals surface area contributed by atoms with E-state index >= 15 is 0 Å². The van der Waals surface area contributed by atoms with Crippen LogP contribution in [-0.4, -0.2) is 5.97 Å². The van der Waals surface area contributed by atoms with Crippen molar-refractivity contribution in [2.45, 2.75) is 39.2 Å². The highest BCUT2D eigenvalue weighted by Gasteiger charge is 2.13. The van der Waals surface area contributed by atoms with Gasteiger partial charge in [0, 0.05) is 11.1 Å². The minimum atomic E-state index is -0.330. The van der Waals surface area contributed by atoms with Crippen molar-refractivity contribution in [1.29, 1.82) is 0 Å². The molecule has 0 heterocycles. The van der Waals surface area contributed by atoms with E-state index in [1.807, 2.05) is 49.4 Å². The van der Waals surface area contributed by atoms with Gasteiger partial charge in [-0.15, -0.1) is 0 Å². The van der Waals surface area contributed by atoms with Crippen molar-refractivity contribution in [2.24, 2.45) is 0 Å². The second kappa shape index (κ2) is 10.3. The highest BCUT2D eigenvalue weighted by Crippen LogP contribution is 2.18. The molecule has 2 nitrogen and oxygen atoms in total. The number of carbonyl (C=O) groups excluding carboxylic acids is 1. The van der Waals surface area contributed by atoms with Crippen LogP contribution in [0.25, 0.3) is 0 Å². The summed E-state index contributed by atoms with van der Waals surface area (Å²) in [4.78, 5) is 12.4. The standard InChI is InChI=1S/C27H26O2/c1-3-4-8-22-11-13-23(14-12-22)15-16-24-17-19-26(20-18-24)27(28)29-21(2)25-9-6-5-7-10-25/h5-7,9-14,17-21H,3-4,8H2,1-2H3/t21-/m0/s1. The number of unbranched alkanes of at least 4 members (excludes halogenated alkanes) is 1. The average Bonchev–Trinajstić information content (AvgIpc) is 2.78. The Morgan fingerprint density at radius 2 is 1.45 bits per heavy atom. The number of hydrogen-bond acceptors (Lipinski definition) is 2. The van der Waals surface area contributed by atoms with Crippen molar-refractivity contribution in [3.63, 3.8) is 0 Å². The SMILES string of the molecule is CCCCc1ccc(C#Cc2ccc(C(=O)O[C@@H](C)c3ccccc3)cc2)cc1. The van der Waals surface area contributed by atoms with Crippen LogP contribution in [-0.2, 0) is 11.2 Å². The molecular formula is C27H26O2. The fourth-order valence-electron chi connectivity index (χ4n) is 2.99. The molecule has 0 aliphatic rings. The number of aryl methyl sites for hydroxylation is 1. The molecule has 0 aliphatic heterocycles. The molecule has 0 bridgehead atoms. The van der Waals surface area contributed by atoms with Gasteiger partial charge in [-0.2, -0.15) is 0 Å². The number of rotatable bonds is 6. The van der Waals surface area contributed by atoms with Crippen molar-refractivity contribution in [2.75, 3.05) is 0 Å². The molecule has 0 unspecified atom stereocenters. The zero-order valence-electron chi connectivity index (χ0n) is 17.0. The molecule has 29 heavy (non-hydrogen) atoms. The van der Waals surface area contributed by atoms with Gasteiger partial charge in [-0.3, -0.25) is 0 Å². The van der Waals surface area contributed by atoms with E-state index in [0.717, 1.165) is 23.1 Å². The summed E-state index contributed by atoms with van der Waals surface area (Å²) in [6.07, 6.45) is 3.24. The number of ether oxygens (including phenoxy) is 1. The molecule has 146 valence electrons. The summed E-state index contributed by atoms with van der Waals surface area (Å²) >= 11 is 0. The van der Waals surface area contributed by atoms with Gasteiger partial charge in [0.15, 0.2) is 0 Å². The third kappa shape index (κ3) is 6.09. The molecule has 0 fully saturated rings. The Hall–Kier alpha value is -3.31. The van der Waals surface area contributed by atoms with E-state index in [2.05, 4.69) is 43.0 Å². The Balaban J connectivity index is 1.60. The first-order chi connectivity index (χ1) is 14.2. The molecule has 0 amide bonds. The lowest BCUT2D eigenvalue weighted by Crippen LogP contribution is -2.09. The first kappa shape index (κ1) is 20.4. The first-order valence-corrected chi connectivity index (χ1v) is 10.1. The molecule has 3 aromatic rings. The van der Waals surface area contributed by atoms with Gasteiger partial charge in [-0.1, -0.05) is 67.6 Å². The molecule has 2 heteroatoms. The molecule has 0 spiro atoms. The maximum atomic E-state index is 12.4. The van der Waals surface area contributed by atoms with E-state index in [4.69, 9.17) is 4.74 Å². The highest BCUT2D eigenvalue weighted by atomic mass is 16.5. The predicted molar refractivity (Wildman–Crippen MR) is 118 cm³/mol. The number of esters is 1. The average molecular weight is 383 g/mol. The van der Waals surface area contributed by atoms with Gasteiger partial charge in [0.25, 0.3) is 0 Å². The van der Waals surface area contributed by atoms with Crippen LogP contribution in [0.3, 0.4) is 0 Å². The topological polar surface area (TPSA) is 26.3 Å². The van der Waals surface area contributed by atoms with Crippen LogP contribution < -0.4 is 0 Å². The summed E-state index contributed by atoms with van der Waals surface area (Å²) in [5.74, 6) is 6.00. The minimum Gasteiger partial charge on any atom is -0.454 e. The Morgan fingerprint density at radius 3 is 2.03 bits per heavy atom. The van der Waals surface area contributed by atoms with Gasteiger partial charge in [-0.05, 0) is 67.3 Å². The lowest BCUT2D eigenvalue weighted by atomic mass is 10.1. The molecule has 0 N–H and O–H groups in total. The van der Waals surface area contributed by atoms with Crippen LogP contribution >= 0.6 is 0 Å². The Bertz CT molecular complexity index is 975. The smallest absolute Gasteiger partial charge is 0.338 e. The third-order valence-electron chi connectivity index (χ3n) is 4.80. The van der Waals surface area contributed by atoms with Gasteiger partial charge in [-0.25, -0.2) is 4.79 Å². The Labute approximate surface area is 173 Å². The van der Waals surface area contributed by atoms with Gasteiger partial charge in [0.1, 0.15) is 6.10 Å². The molecule has 0 radical (unpaired) electrons. The molecule has 0 saturated heterocycles. The van der Waals surface area contributed by atoms with E-state index in [0.29, 0.717) is 5.56 Å². The van der Waals surface area contributed by atoms with Crippen molar-refractivity contribution in [3.05, 3.63) is 107 Å². The summed E-state index contributed by atoms with van der Waals surface area (Å²) in [5, 5.41) is 0. The van der Waals surface area contributed by atoms with Gasteiger partial charge in [0.2, 0.25) is 0 Å². The fourth-order valence-corrected chi connectivity index (χ4v) is 2.99. The molecule has 0 aliphatic carbocycles. The van der Waals surface area contributed by atoms with E-state index in [9.17, 15) is 4.79 Å². The summed E-state index contributed by atoms with van der Waals surface area (Å²) < 4.78 is 5.56. The maximum absolute atomic E-state index is 12.4. The van der Waals surface area contributed by atoms with Gasteiger partial charge >= 0.3 is 5.97 Å². The largest absolute Gasteiger partial charge is 0.454 e. The molecule has 3 rings (SSSR count). The summed E-state index contributed by atoms with van der Waals surface area (Å²) in [5.41, 5.74) is 4.71. The quantitative estimate of drug-likeness (QED) is 0.367. The fraction of sp³-hybridized carbons (Fsp3) is 0.222. The Morgan fingerprint density at radius 1 is 0.862 bits per heavy atom. The second-order valence-electron chi connectivity index (χ2n) is 7.09. The van der Waals surface area contributed by atoms with Crippen LogP contribution in [0.5, 0.6) is 0 Å². The van der Waals surface area contributed by atoms with Crippen LogP contribution in [0.2, 0.25) is 0 Å².